The molecule has 4 rings (SSSR count). The van der Waals surface area contributed by atoms with Gasteiger partial charge >= 0.3 is 6.03 Å². The molecule has 2 aliphatic rings. The lowest BCUT2D eigenvalue weighted by atomic mass is 9.81. The molecular weight excluding hydrogens is 354 g/mol. The van der Waals surface area contributed by atoms with E-state index in [0.29, 0.717) is 18.7 Å². The summed E-state index contributed by atoms with van der Waals surface area (Å²) in [6.07, 6.45) is 7.38. The van der Waals surface area contributed by atoms with Gasteiger partial charge in [0.1, 0.15) is 11.5 Å². The van der Waals surface area contributed by atoms with E-state index in [-0.39, 0.29) is 12.1 Å². The number of anilines is 1. The molecule has 2 saturated heterocycles. The highest BCUT2D eigenvalue weighted by Gasteiger charge is 2.38. The van der Waals surface area contributed by atoms with E-state index < -0.39 is 0 Å². The van der Waals surface area contributed by atoms with E-state index in [9.17, 15) is 4.79 Å². The third-order valence-electron chi connectivity index (χ3n) is 5.80. The number of nitrogens with one attached hydrogen (secondary N) is 2. The predicted octanol–water partition coefficient (Wildman–Crippen LogP) is 4.39. The van der Waals surface area contributed by atoms with Crippen molar-refractivity contribution >= 4 is 11.7 Å². The maximum absolute atomic E-state index is 12.5. The summed E-state index contributed by atoms with van der Waals surface area (Å²) in [5.74, 6) is 1.83. The van der Waals surface area contributed by atoms with Crippen LogP contribution in [0.1, 0.15) is 44.8 Å². The Balaban J connectivity index is 1.31. The van der Waals surface area contributed by atoms with Crippen molar-refractivity contribution in [1.82, 2.24) is 10.2 Å². The molecule has 2 aromatic rings. The highest BCUT2D eigenvalue weighted by atomic mass is 16.5. The number of benzene rings is 1. The van der Waals surface area contributed by atoms with Gasteiger partial charge in [0.15, 0.2) is 0 Å². The maximum Gasteiger partial charge on any atom is 0.319 e. The van der Waals surface area contributed by atoms with Crippen LogP contribution in [-0.4, -0.2) is 35.7 Å². The van der Waals surface area contributed by atoms with Crippen molar-refractivity contribution in [2.45, 2.75) is 63.7 Å². The fourth-order valence-electron chi connectivity index (χ4n) is 4.59. The first kappa shape index (κ1) is 18.9. The lowest BCUT2D eigenvalue weighted by molar-refractivity contribution is 0.0150. The summed E-state index contributed by atoms with van der Waals surface area (Å²) in [6, 6.07) is 12.6. The summed E-state index contributed by atoms with van der Waals surface area (Å²) < 4.78 is 11.0. The molecule has 2 bridgehead atoms. The zero-order valence-corrected chi connectivity index (χ0v) is 16.4. The molecule has 150 valence electrons. The van der Waals surface area contributed by atoms with Gasteiger partial charge in [-0.15, -0.1) is 0 Å². The van der Waals surface area contributed by atoms with Crippen molar-refractivity contribution in [3.05, 3.63) is 48.4 Å². The van der Waals surface area contributed by atoms with Crippen LogP contribution in [0.25, 0.3) is 0 Å². The molecule has 0 spiro atoms. The molecule has 1 unspecified atom stereocenters. The zero-order valence-electron chi connectivity index (χ0n) is 16.4. The Morgan fingerprint density at radius 1 is 1.18 bits per heavy atom. The Morgan fingerprint density at radius 3 is 2.57 bits per heavy atom. The fraction of sp³-hybridized carbons (Fsp3) is 0.500. The van der Waals surface area contributed by atoms with Gasteiger partial charge in [0, 0.05) is 23.8 Å². The van der Waals surface area contributed by atoms with Gasteiger partial charge in [-0.2, -0.15) is 0 Å². The van der Waals surface area contributed by atoms with Crippen LogP contribution in [0.4, 0.5) is 10.5 Å². The number of hydrogen-bond donors (Lipinski definition) is 2. The molecule has 2 amide bonds. The quantitative estimate of drug-likeness (QED) is 0.777. The summed E-state index contributed by atoms with van der Waals surface area (Å²) in [5, 5.41) is 6.12. The number of nitrogens with zero attached hydrogens (tertiary/aromatic N) is 1. The normalized spacial score (nSPS) is 24.5. The number of hydrogen-bond acceptors (Lipinski definition) is 4. The molecule has 2 fully saturated rings. The molecule has 6 nitrogen and oxygen atoms in total. The molecule has 1 aromatic carbocycles. The number of carbonyl (C=O) groups excluding carboxylic acids is 1. The number of piperidine rings is 2. The van der Waals surface area contributed by atoms with Crippen LogP contribution in [0.15, 0.2) is 47.1 Å². The monoisotopic (exact) mass is 383 g/mol. The van der Waals surface area contributed by atoms with Gasteiger partial charge in [-0.05, 0) is 69.0 Å². The average Bonchev–Trinajstić information content (AvgIpc) is 3.17. The number of urea groups is 1. The first-order valence-electron chi connectivity index (χ1n) is 10.3. The molecular formula is C22H29N3O3. The standard InChI is InChI=1S/C22H29N3O3/c1-2-27-20-10-8-16(9-11-20)23-22(26)24-17-13-18-5-3-6-19(14-17)25(18)15-21-7-4-12-28-21/h4,7-12,17-19H,2-3,5-6,13-15H2,1H3,(H2,23,24,26)/t17?,18-,19+. The molecule has 0 radical (unpaired) electrons. The number of rotatable bonds is 6. The average molecular weight is 383 g/mol. The topological polar surface area (TPSA) is 66.7 Å². The second kappa shape index (κ2) is 8.69. The van der Waals surface area contributed by atoms with Gasteiger partial charge in [-0.1, -0.05) is 6.42 Å². The van der Waals surface area contributed by atoms with Crippen LogP contribution < -0.4 is 15.4 Å². The van der Waals surface area contributed by atoms with Crippen LogP contribution in [-0.2, 0) is 6.54 Å². The lowest BCUT2D eigenvalue weighted by Crippen LogP contribution is -2.56. The number of furan rings is 1. The van der Waals surface area contributed by atoms with E-state index in [0.717, 1.165) is 36.6 Å². The number of carbonyl (C=O) groups is 1. The van der Waals surface area contributed by atoms with Gasteiger partial charge in [0.2, 0.25) is 0 Å². The van der Waals surface area contributed by atoms with Gasteiger partial charge < -0.3 is 19.8 Å². The molecule has 28 heavy (non-hydrogen) atoms. The molecule has 1 aromatic heterocycles. The highest BCUT2D eigenvalue weighted by molar-refractivity contribution is 5.89. The van der Waals surface area contributed by atoms with E-state index in [4.69, 9.17) is 9.15 Å². The largest absolute Gasteiger partial charge is 0.494 e. The van der Waals surface area contributed by atoms with Gasteiger partial charge in [-0.3, -0.25) is 4.90 Å². The van der Waals surface area contributed by atoms with Crippen LogP contribution >= 0.6 is 0 Å². The van der Waals surface area contributed by atoms with Crippen molar-refractivity contribution in [2.24, 2.45) is 0 Å². The second-order valence-electron chi connectivity index (χ2n) is 7.71. The van der Waals surface area contributed by atoms with Crippen molar-refractivity contribution in [1.29, 1.82) is 0 Å². The summed E-state index contributed by atoms with van der Waals surface area (Å²) in [6.45, 7) is 3.45. The Bertz CT molecular complexity index is 746. The minimum atomic E-state index is -0.133. The SMILES string of the molecule is CCOc1ccc(NC(=O)NC2C[C@H]3CCC[C@@H](C2)N3Cc2ccco2)cc1. The van der Waals surface area contributed by atoms with Gasteiger partial charge in [-0.25, -0.2) is 4.79 Å². The van der Waals surface area contributed by atoms with E-state index in [1.165, 1.54) is 19.3 Å². The van der Waals surface area contributed by atoms with E-state index in [1.807, 2.05) is 43.3 Å². The van der Waals surface area contributed by atoms with Crippen LogP contribution in [0.5, 0.6) is 5.75 Å². The molecule has 0 aliphatic carbocycles. The molecule has 2 N–H and O–H groups in total. The lowest BCUT2D eigenvalue weighted by Gasteiger charge is -2.48. The first-order chi connectivity index (χ1) is 13.7. The summed E-state index contributed by atoms with van der Waals surface area (Å²) in [7, 11) is 0. The molecule has 3 atom stereocenters. The number of ether oxygens (including phenoxy) is 1. The summed E-state index contributed by atoms with van der Waals surface area (Å²) in [4.78, 5) is 15.0. The van der Waals surface area contributed by atoms with Crippen molar-refractivity contribution in [3.63, 3.8) is 0 Å². The third kappa shape index (κ3) is 4.50. The van der Waals surface area contributed by atoms with E-state index in [1.54, 1.807) is 6.26 Å². The molecule has 0 saturated carbocycles. The minimum absolute atomic E-state index is 0.133. The van der Waals surface area contributed by atoms with Gasteiger partial charge in [0.05, 0.1) is 19.4 Å². The molecule has 2 aliphatic heterocycles. The molecule has 6 heteroatoms. The van der Waals surface area contributed by atoms with Crippen LogP contribution in [0.2, 0.25) is 0 Å². The van der Waals surface area contributed by atoms with Crippen molar-refractivity contribution in [3.8, 4) is 5.75 Å². The Hall–Kier alpha value is -2.47. The summed E-state index contributed by atoms with van der Waals surface area (Å²) >= 11 is 0. The van der Waals surface area contributed by atoms with Crippen LogP contribution in [0.3, 0.4) is 0 Å². The Morgan fingerprint density at radius 2 is 1.93 bits per heavy atom. The van der Waals surface area contributed by atoms with Crippen LogP contribution in [0, 0.1) is 0 Å². The number of fused-ring (bicyclic) bond motifs is 2. The van der Waals surface area contributed by atoms with E-state index >= 15 is 0 Å². The first-order valence-corrected chi connectivity index (χ1v) is 10.3. The Kier molecular flexibility index (Phi) is 5.86. The van der Waals surface area contributed by atoms with Crippen molar-refractivity contribution in [2.75, 3.05) is 11.9 Å². The minimum Gasteiger partial charge on any atom is -0.494 e. The molecule has 3 heterocycles. The second-order valence-corrected chi connectivity index (χ2v) is 7.71. The van der Waals surface area contributed by atoms with Gasteiger partial charge in [0.25, 0.3) is 0 Å². The smallest absolute Gasteiger partial charge is 0.319 e. The summed E-state index contributed by atoms with van der Waals surface area (Å²) in [5.41, 5.74) is 0.774. The number of amides is 2. The predicted molar refractivity (Wildman–Crippen MR) is 108 cm³/mol. The van der Waals surface area contributed by atoms with Crippen molar-refractivity contribution < 1.29 is 13.9 Å². The Labute approximate surface area is 166 Å². The highest BCUT2D eigenvalue weighted by Crippen LogP contribution is 2.35. The maximum atomic E-state index is 12.5. The van der Waals surface area contributed by atoms with E-state index in [2.05, 4.69) is 15.5 Å². The third-order valence-corrected chi connectivity index (χ3v) is 5.80. The fourth-order valence-corrected chi connectivity index (χ4v) is 4.59. The zero-order chi connectivity index (χ0) is 19.3.